The number of halogens is 1. The number of aromatic nitrogens is 5. The molecule has 37 heavy (non-hydrogen) atoms. The van der Waals surface area contributed by atoms with Crippen LogP contribution >= 0.6 is 0 Å². The summed E-state index contributed by atoms with van der Waals surface area (Å²) in [6, 6.07) is 9.99. The van der Waals surface area contributed by atoms with Gasteiger partial charge in [-0.2, -0.15) is 4.98 Å². The predicted molar refractivity (Wildman–Crippen MR) is 136 cm³/mol. The molecular weight excluding hydrogens is 475 g/mol. The first kappa shape index (κ1) is 23.8. The average Bonchev–Trinajstić information content (AvgIpc) is 2.88. The van der Waals surface area contributed by atoms with Crippen LogP contribution in [-0.4, -0.2) is 50.0 Å². The minimum absolute atomic E-state index is 0.00262. The van der Waals surface area contributed by atoms with Crippen molar-refractivity contribution < 1.29 is 13.9 Å². The number of carbonyl (C=O) groups excluding carboxylic acids is 1. The van der Waals surface area contributed by atoms with Gasteiger partial charge in [0, 0.05) is 42.9 Å². The fourth-order valence-electron chi connectivity index (χ4n) is 3.77. The molecule has 3 aromatic heterocycles. The first-order chi connectivity index (χ1) is 18.0. The van der Waals surface area contributed by atoms with Gasteiger partial charge < -0.3 is 20.3 Å². The van der Waals surface area contributed by atoms with E-state index in [0.717, 1.165) is 5.69 Å². The molecule has 10 nitrogen and oxygen atoms in total. The highest BCUT2D eigenvalue weighted by Gasteiger charge is 2.31. The standard InChI is InChI=1S/C26H23FN8O2/c1-3-23(36)32-19-14-35(15-19)24-20(13-30-25(34-24)33-18-5-4-9-28-12-18)17-6-7-22(21(27)11-17)37-26-29-10-8-16(2)31-26/h3-13,19H,1,14-15H2,2H3,(H,32,36)(H,30,33,34). The van der Waals surface area contributed by atoms with Gasteiger partial charge in [-0.1, -0.05) is 12.6 Å². The van der Waals surface area contributed by atoms with Crippen molar-refractivity contribution >= 4 is 23.4 Å². The molecule has 0 saturated carbocycles. The summed E-state index contributed by atoms with van der Waals surface area (Å²) in [6.07, 6.45) is 7.75. The summed E-state index contributed by atoms with van der Waals surface area (Å²) in [5.41, 5.74) is 2.63. The van der Waals surface area contributed by atoms with Gasteiger partial charge in [-0.15, -0.1) is 0 Å². The van der Waals surface area contributed by atoms with Gasteiger partial charge >= 0.3 is 6.01 Å². The molecule has 2 N–H and O–H groups in total. The maximum Gasteiger partial charge on any atom is 0.322 e. The largest absolute Gasteiger partial charge is 0.421 e. The third-order valence-corrected chi connectivity index (χ3v) is 5.62. The van der Waals surface area contributed by atoms with E-state index in [1.54, 1.807) is 49.9 Å². The highest BCUT2D eigenvalue weighted by molar-refractivity contribution is 5.87. The van der Waals surface area contributed by atoms with Gasteiger partial charge in [0.15, 0.2) is 11.6 Å². The Labute approximate surface area is 212 Å². The van der Waals surface area contributed by atoms with Gasteiger partial charge in [0.05, 0.1) is 17.9 Å². The normalized spacial score (nSPS) is 13.0. The summed E-state index contributed by atoms with van der Waals surface area (Å²) >= 11 is 0. The van der Waals surface area contributed by atoms with Crippen LogP contribution in [-0.2, 0) is 4.79 Å². The van der Waals surface area contributed by atoms with Crippen molar-refractivity contribution in [1.82, 2.24) is 30.2 Å². The lowest BCUT2D eigenvalue weighted by Crippen LogP contribution is -2.59. The van der Waals surface area contributed by atoms with Gasteiger partial charge in [-0.05, 0) is 48.9 Å². The van der Waals surface area contributed by atoms with E-state index >= 15 is 4.39 Å². The van der Waals surface area contributed by atoms with Crippen LogP contribution in [0.4, 0.5) is 21.8 Å². The van der Waals surface area contributed by atoms with Crippen LogP contribution in [0, 0.1) is 12.7 Å². The van der Waals surface area contributed by atoms with E-state index in [0.29, 0.717) is 41.7 Å². The number of benzene rings is 1. The molecule has 1 aromatic carbocycles. The number of hydrogen-bond acceptors (Lipinski definition) is 9. The molecule has 1 saturated heterocycles. The maximum absolute atomic E-state index is 15.1. The van der Waals surface area contributed by atoms with Crippen molar-refractivity contribution in [3.63, 3.8) is 0 Å². The summed E-state index contributed by atoms with van der Waals surface area (Å²) in [5.74, 6) is 0.151. The van der Waals surface area contributed by atoms with Crippen molar-refractivity contribution in [2.45, 2.75) is 13.0 Å². The number of carbonyl (C=O) groups is 1. The molecule has 0 atom stereocenters. The second kappa shape index (κ2) is 10.4. The molecule has 0 aliphatic carbocycles. The van der Waals surface area contributed by atoms with Crippen molar-refractivity contribution in [3.8, 4) is 22.9 Å². The number of rotatable bonds is 8. The van der Waals surface area contributed by atoms with Gasteiger partial charge in [0.2, 0.25) is 11.9 Å². The Morgan fingerprint density at radius 3 is 2.76 bits per heavy atom. The van der Waals surface area contributed by atoms with E-state index < -0.39 is 5.82 Å². The van der Waals surface area contributed by atoms with E-state index in [-0.39, 0.29) is 23.7 Å². The SMILES string of the molecule is C=CC(=O)NC1CN(c2nc(Nc3cccnc3)ncc2-c2ccc(Oc3nccc(C)n3)c(F)c2)C1. The lowest BCUT2D eigenvalue weighted by molar-refractivity contribution is -0.117. The zero-order valence-electron chi connectivity index (χ0n) is 19.9. The van der Waals surface area contributed by atoms with Crippen molar-refractivity contribution in [3.05, 3.63) is 85.4 Å². The lowest BCUT2D eigenvalue weighted by atomic mass is 10.0. The topological polar surface area (TPSA) is 118 Å². The number of pyridine rings is 1. The van der Waals surface area contributed by atoms with Crippen LogP contribution in [0.5, 0.6) is 11.8 Å². The van der Waals surface area contributed by atoms with E-state index in [1.807, 2.05) is 11.0 Å². The molecule has 4 aromatic rings. The number of anilines is 3. The fraction of sp³-hybridized carbons (Fsp3) is 0.154. The summed E-state index contributed by atoms with van der Waals surface area (Å²) in [4.78, 5) is 35.0. The molecule has 5 rings (SSSR count). The summed E-state index contributed by atoms with van der Waals surface area (Å²) in [7, 11) is 0. The van der Waals surface area contributed by atoms with Gasteiger partial charge in [-0.25, -0.2) is 19.3 Å². The Morgan fingerprint density at radius 1 is 1.16 bits per heavy atom. The minimum atomic E-state index is -0.578. The fourth-order valence-corrected chi connectivity index (χ4v) is 3.77. The molecule has 0 radical (unpaired) electrons. The molecule has 0 unspecified atom stereocenters. The Kier molecular flexibility index (Phi) is 6.66. The monoisotopic (exact) mass is 498 g/mol. The quantitative estimate of drug-likeness (QED) is 0.350. The summed E-state index contributed by atoms with van der Waals surface area (Å²) < 4.78 is 20.6. The zero-order chi connectivity index (χ0) is 25.8. The molecule has 0 bridgehead atoms. The number of amides is 1. The summed E-state index contributed by atoms with van der Waals surface area (Å²) in [6.45, 7) is 6.35. The van der Waals surface area contributed by atoms with Gasteiger partial charge in [0.25, 0.3) is 0 Å². The number of ether oxygens (including phenoxy) is 1. The van der Waals surface area contributed by atoms with Crippen LogP contribution in [0.15, 0.2) is 73.8 Å². The van der Waals surface area contributed by atoms with Crippen LogP contribution in [0.2, 0.25) is 0 Å². The molecule has 186 valence electrons. The number of nitrogens with one attached hydrogen (secondary N) is 2. The van der Waals surface area contributed by atoms with Gasteiger partial charge in [-0.3, -0.25) is 9.78 Å². The van der Waals surface area contributed by atoms with Crippen LogP contribution in [0.1, 0.15) is 5.69 Å². The Hall–Kier alpha value is -4.93. The minimum Gasteiger partial charge on any atom is -0.421 e. The van der Waals surface area contributed by atoms with Gasteiger partial charge in [0.1, 0.15) is 5.82 Å². The number of nitrogens with zero attached hydrogens (tertiary/aromatic N) is 6. The lowest BCUT2D eigenvalue weighted by Gasteiger charge is -2.41. The highest BCUT2D eigenvalue weighted by atomic mass is 19.1. The Balaban J connectivity index is 1.43. The van der Waals surface area contributed by atoms with Crippen LogP contribution in [0.3, 0.4) is 0 Å². The molecule has 11 heteroatoms. The van der Waals surface area contributed by atoms with E-state index in [4.69, 9.17) is 9.72 Å². The molecule has 1 amide bonds. The van der Waals surface area contributed by atoms with Crippen LogP contribution in [0.25, 0.3) is 11.1 Å². The first-order valence-corrected chi connectivity index (χ1v) is 11.5. The summed E-state index contributed by atoms with van der Waals surface area (Å²) in [5, 5.41) is 6.00. The van der Waals surface area contributed by atoms with Crippen molar-refractivity contribution in [2.75, 3.05) is 23.3 Å². The van der Waals surface area contributed by atoms with E-state index in [2.05, 4.69) is 37.1 Å². The molecule has 1 aliphatic heterocycles. The second-order valence-corrected chi connectivity index (χ2v) is 8.34. The maximum atomic E-state index is 15.1. The van der Waals surface area contributed by atoms with E-state index in [1.165, 1.54) is 18.2 Å². The number of hydrogen-bond donors (Lipinski definition) is 2. The zero-order valence-corrected chi connectivity index (χ0v) is 19.9. The number of aryl methyl sites for hydroxylation is 1. The highest BCUT2D eigenvalue weighted by Crippen LogP contribution is 2.35. The van der Waals surface area contributed by atoms with Crippen molar-refractivity contribution in [2.24, 2.45) is 0 Å². The van der Waals surface area contributed by atoms with Crippen LogP contribution < -0.4 is 20.3 Å². The molecular formula is C26H23FN8O2. The smallest absolute Gasteiger partial charge is 0.322 e. The van der Waals surface area contributed by atoms with E-state index in [9.17, 15) is 4.79 Å². The Bertz CT molecular complexity index is 1440. The molecule has 1 fully saturated rings. The average molecular weight is 499 g/mol. The molecule has 1 aliphatic rings. The second-order valence-electron chi connectivity index (χ2n) is 8.34. The Morgan fingerprint density at radius 2 is 2.03 bits per heavy atom. The van der Waals surface area contributed by atoms with Crippen molar-refractivity contribution in [1.29, 1.82) is 0 Å². The first-order valence-electron chi connectivity index (χ1n) is 11.5. The predicted octanol–water partition coefficient (Wildman–Crippen LogP) is 3.80. The third kappa shape index (κ3) is 5.50. The molecule has 4 heterocycles. The molecule has 0 spiro atoms. The third-order valence-electron chi connectivity index (χ3n) is 5.62.